The second kappa shape index (κ2) is 14.5. The largest absolute Gasteiger partial charge is 0.481 e. The number of carbonyl (C=O) groups excluding carboxylic acids is 2. The molecule has 0 aromatic carbocycles. The molecule has 0 amide bonds. The standard InChI is InChI=1S/C15H26O6.CH4.H2/c1-12(16)13(8-9-14(17)18)6-5-11-21-15(19)7-3-4-10-20-2;;/h13H,3-11H2,1-2H3,(H,17,18);1H4;1H/i;;1+1. The Balaban J connectivity index is -0.00000200. The van der Waals surface area contributed by atoms with Crippen LogP contribution in [-0.4, -0.2) is 43.2 Å². The van der Waals surface area contributed by atoms with Gasteiger partial charge in [-0.1, -0.05) is 7.43 Å². The first-order valence-corrected chi connectivity index (χ1v) is 7.34. The first kappa shape index (κ1) is 22.8. The second-order valence-corrected chi connectivity index (χ2v) is 5.05. The van der Waals surface area contributed by atoms with E-state index in [4.69, 9.17) is 14.6 Å². The number of ether oxygens (including phenoxy) is 2. The van der Waals surface area contributed by atoms with Gasteiger partial charge in [-0.25, -0.2) is 0 Å². The highest BCUT2D eigenvalue weighted by Gasteiger charge is 2.15. The molecule has 22 heavy (non-hydrogen) atoms. The normalized spacial score (nSPS) is 11.4. The van der Waals surface area contributed by atoms with E-state index >= 15 is 0 Å². The van der Waals surface area contributed by atoms with Crippen molar-refractivity contribution in [3.05, 3.63) is 0 Å². The van der Waals surface area contributed by atoms with Crippen molar-refractivity contribution >= 4 is 17.7 Å². The number of carboxylic acid groups (broad SMARTS) is 1. The molecule has 0 saturated heterocycles. The van der Waals surface area contributed by atoms with Crippen LogP contribution in [-0.2, 0) is 23.9 Å². The summed E-state index contributed by atoms with van der Waals surface area (Å²) in [5.74, 6) is -1.41. The number of carboxylic acids is 1. The second-order valence-electron chi connectivity index (χ2n) is 5.05. The van der Waals surface area contributed by atoms with Gasteiger partial charge in [0.25, 0.3) is 0 Å². The first-order chi connectivity index (χ1) is 9.97. The zero-order valence-corrected chi connectivity index (χ0v) is 12.9. The van der Waals surface area contributed by atoms with Crippen molar-refractivity contribution in [2.24, 2.45) is 5.92 Å². The quantitative estimate of drug-likeness (QED) is 0.414. The maximum Gasteiger partial charge on any atom is 0.305 e. The summed E-state index contributed by atoms with van der Waals surface area (Å²) in [7, 11) is 1.62. The third-order valence-electron chi connectivity index (χ3n) is 3.22. The minimum absolute atomic E-state index is 0. The summed E-state index contributed by atoms with van der Waals surface area (Å²) in [5, 5.41) is 8.62. The highest BCUT2D eigenvalue weighted by molar-refractivity contribution is 5.79. The highest BCUT2D eigenvalue weighted by atomic mass is 16.5. The third-order valence-corrected chi connectivity index (χ3v) is 3.22. The number of esters is 1. The van der Waals surface area contributed by atoms with E-state index in [2.05, 4.69) is 0 Å². The van der Waals surface area contributed by atoms with Crippen molar-refractivity contribution in [3.8, 4) is 0 Å². The molecule has 6 nitrogen and oxygen atoms in total. The van der Waals surface area contributed by atoms with E-state index in [1.54, 1.807) is 7.11 Å². The van der Waals surface area contributed by atoms with Crippen LogP contribution in [0.2, 0.25) is 0 Å². The van der Waals surface area contributed by atoms with Gasteiger partial charge in [0, 0.05) is 33.9 Å². The van der Waals surface area contributed by atoms with Gasteiger partial charge in [0.05, 0.1) is 6.61 Å². The monoisotopic (exact) mass is 321 g/mol. The Morgan fingerprint density at radius 2 is 1.73 bits per heavy atom. The number of unbranched alkanes of at least 4 members (excludes halogenated alkanes) is 1. The van der Waals surface area contributed by atoms with Crippen molar-refractivity contribution in [1.29, 1.82) is 0 Å². The Bertz CT molecular complexity index is 333. The molecule has 0 fully saturated rings. The number of hydrogen-bond donors (Lipinski definition) is 1. The Hall–Kier alpha value is -1.43. The van der Waals surface area contributed by atoms with E-state index in [0.717, 1.165) is 12.8 Å². The molecule has 0 heterocycles. The van der Waals surface area contributed by atoms with Crippen molar-refractivity contribution < 1.29 is 30.4 Å². The molecular weight excluding hydrogens is 288 g/mol. The summed E-state index contributed by atoms with van der Waals surface area (Å²) >= 11 is 0. The summed E-state index contributed by atoms with van der Waals surface area (Å²) in [6.45, 7) is 2.38. The van der Waals surface area contributed by atoms with E-state index < -0.39 is 5.97 Å². The molecule has 0 aromatic heterocycles. The Morgan fingerprint density at radius 3 is 2.27 bits per heavy atom. The van der Waals surface area contributed by atoms with Gasteiger partial charge in [-0.05, 0) is 39.0 Å². The zero-order chi connectivity index (χ0) is 16.1. The predicted octanol–water partition coefficient (Wildman–Crippen LogP) is 3.08. The molecule has 0 radical (unpaired) electrons. The van der Waals surface area contributed by atoms with Gasteiger partial charge in [-0.15, -0.1) is 0 Å². The first-order valence-electron chi connectivity index (χ1n) is 7.34. The molecule has 0 aromatic rings. The molecule has 0 aliphatic rings. The summed E-state index contributed by atoms with van der Waals surface area (Å²) in [6, 6.07) is 0. The van der Waals surface area contributed by atoms with Gasteiger partial charge >= 0.3 is 11.9 Å². The highest BCUT2D eigenvalue weighted by Crippen LogP contribution is 2.15. The Morgan fingerprint density at radius 1 is 1.05 bits per heavy atom. The minimum atomic E-state index is -0.899. The number of hydrogen-bond acceptors (Lipinski definition) is 5. The van der Waals surface area contributed by atoms with Crippen LogP contribution >= 0.6 is 0 Å². The van der Waals surface area contributed by atoms with Crippen molar-refractivity contribution in [2.75, 3.05) is 20.3 Å². The number of rotatable bonds is 13. The van der Waals surface area contributed by atoms with Gasteiger partial charge in [0.1, 0.15) is 5.78 Å². The van der Waals surface area contributed by atoms with Crippen LogP contribution in [0.5, 0.6) is 0 Å². The van der Waals surface area contributed by atoms with Crippen LogP contribution in [0, 0.1) is 5.92 Å². The number of ketones is 1. The minimum Gasteiger partial charge on any atom is -0.481 e. The maximum atomic E-state index is 11.4. The van der Waals surface area contributed by atoms with Crippen LogP contribution in [0.4, 0.5) is 0 Å². The van der Waals surface area contributed by atoms with Gasteiger partial charge in [0.15, 0.2) is 0 Å². The molecule has 1 atom stereocenters. The van der Waals surface area contributed by atoms with Crippen molar-refractivity contribution in [2.45, 2.75) is 59.3 Å². The van der Waals surface area contributed by atoms with Crippen molar-refractivity contribution in [3.63, 3.8) is 0 Å². The fourth-order valence-electron chi connectivity index (χ4n) is 1.95. The average Bonchev–Trinajstić information content (AvgIpc) is 2.42. The van der Waals surface area contributed by atoms with Gasteiger partial charge in [0.2, 0.25) is 0 Å². The lowest BCUT2D eigenvalue weighted by atomic mass is 9.94. The smallest absolute Gasteiger partial charge is 0.305 e. The van der Waals surface area contributed by atoms with Gasteiger partial charge in [-0.2, -0.15) is 0 Å². The molecule has 1 N–H and O–H groups in total. The maximum absolute atomic E-state index is 11.4. The van der Waals surface area contributed by atoms with E-state index in [9.17, 15) is 14.4 Å². The molecular formula is C16H32O6. The summed E-state index contributed by atoms with van der Waals surface area (Å²) in [6.07, 6.45) is 3.40. The van der Waals surface area contributed by atoms with Crippen LogP contribution in [0.25, 0.3) is 0 Å². The van der Waals surface area contributed by atoms with E-state index in [-0.39, 0.29) is 39.6 Å². The van der Waals surface area contributed by atoms with E-state index in [1.165, 1.54) is 6.92 Å². The molecule has 0 aliphatic heterocycles. The molecule has 0 spiro atoms. The molecule has 6 heteroatoms. The Labute approximate surface area is 134 Å². The van der Waals surface area contributed by atoms with Gasteiger partial charge < -0.3 is 14.6 Å². The molecule has 0 aliphatic carbocycles. The lowest BCUT2D eigenvalue weighted by molar-refractivity contribution is -0.144. The summed E-state index contributed by atoms with van der Waals surface area (Å²) in [4.78, 5) is 33.3. The predicted molar refractivity (Wildman–Crippen MR) is 85.8 cm³/mol. The van der Waals surface area contributed by atoms with Crippen LogP contribution < -0.4 is 0 Å². The van der Waals surface area contributed by atoms with E-state index in [1.807, 2.05) is 0 Å². The number of carbonyl (C=O) groups is 3. The van der Waals surface area contributed by atoms with Gasteiger partial charge in [-0.3, -0.25) is 14.4 Å². The Kier molecular flexibility index (Phi) is 15.1. The number of methoxy groups -OCH3 is 1. The fraction of sp³-hybridized carbons (Fsp3) is 0.812. The summed E-state index contributed by atoms with van der Waals surface area (Å²) < 4.78 is 9.96. The SMILES string of the molecule is C.COCCCCC(=O)OCCCC(CCC(=O)O)C(C)=O.[2HH]. The lowest BCUT2D eigenvalue weighted by Crippen LogP contribution is -2.14. The lowest BCUT2D eigenvalue weighted by Gasteiger charge is -2.12. The van der Waals surface area contributed by atoms with Crippen LogP contribution in [0.3, 0.4) is 0 Å². The topological polar surface area (TPSA) is 89.9 Å². The van der Waals surface area contributed by atoms with Crippen molar-refractivity contribution in [1.82, 2.24) is 0 Å². The fourth-order valence-corrected chi connectivity index (χ4v) is 1.95. The zero-order valence-electron chi connectivity index (χ0n) is 12.9. The van der Waals surface area contributed by atoms with Crippen LogP contribution in [0.1, 0.15) is 60.7 Å². The molecule has 132 valence electrons. The molecule has 0 bridgehead atoms. The summed E-state index contributed by atoms with van der Waals surface area (Å²) in [5.41, 5.74) is 0. The number of aliphatic carboxylic acids is 1. The van der Waals surface area contributed by atoms with Crippen LogP contribution in [0.15, 0.2) is 0 Å². The number of Topliss-reactive ketones (excluding diaryl/α,β-unsaturated/α-hetero) is 1. The third kappa shape index (κ3) is 13.5. The molecule has 0 rings (SSSR count). The van der Waals surface area contributed by atoms with E-state index in [0.29, 0.717) is 32.3 Å². The molecule has 1 unspecified atom stereocenters. The molecule has 0 saturated carbocycles. The average molecular weight is 321 g/mol.